The molecular formula is C57H49IrN5O-2. The van der Waals surface area contributed by atoms with Crippen molar-refractivity contribution in [1.29, 1.82) is 5.26 Å². The van der Waals surface area contributed by atoms with Crippen LogP contribution in [0.2, 0.25) is 0 Å². The van der Waals surface area contributed by atoms with Crippen molar-refractivity contribution >= 4 is 43.7 Å². The van der Waals surface area contributed by atoms with Crippen molar-refractivity contribution < 1.29 is 28.6 Å². The van der Waals surface area contributed by atoms with Crippen LogP contribution < -0.4 is 0 Å². The van der Waals surface area contributed by atoms with Crippen LogP contribution in [0, 0.1) is 30.3 Å². The summed E-state index contributed by atoms with van der Waals surface area (Å²) in [7, 11) is 0. The Morgan fingerprint density at radius 1 is 0.750 bits per heavy atom. The van der Waals surface area contributed by atoms with Crippen molar-refractivity contribution in [3.8, 4) is 45.5 Å². The number of furan rings is 1. The van der Waals surface area contributed by atoms with Gasteiger partial charge in [0.2, 0.25) is 0 Å². The van der Waals surface area contributed by atoms with Crippen molar-refractivity contribution in [3.63, 3.8) is 0 Å². The first-order chi connectivity index (χ1) is 31.6. The number of imidazole rings is 1. The van der Waals surface area contributed by atoms with E-state index >= 15 is 0 Å². The second kappa shape index (κ2) is 17.8. The molecule has 0 aliphatic heterocycles. The Morgan fingerprint density at radius 3 is 2.17 bits per heavy atom. The van der Waals surface area contributed by atoms with Gasteiger partial charge in [0.25, 0.3) is 0 Å². The Balaban J connectivity index is 0.000000244. The Labute approximate surface area is 393 Å². The van der Waals surface area contributed by atoms with Gasteiger partial charge in [-0.25, -0.2) is 4.98 Å². The molecule has 0 spiro atoms. The second-order valence-electron chi connectivity index (χ2n) is 17.7. The van der Waals surface area contributed by atoms with Crippen LogP contribution in [-0.4, -0.2) is 19.5 Å². The van der Waals surface area contributed by atoms with Gasteiger partial charge in [-0.3, -0.25) is 4.98 Å². The number of hydrogen-bond donors (Lipinski definition) is 0. The topological polar surface area (TPSA) is 80.5 Å². The molecule has 0 aliphatic rings. The molecule has 1 radical (unpaired) electrons. The summed E-state index contributed by atoms with van der Waals surface area (Å²) in [6, 6.07) is 51.2. The number of fused-ring (bicyclic) bond motifs is 6. The first-order valence-corrected chi connectivity index (χ1v) is 21.4. The summed E-state index contributed by atoms with van der Waals surface area (Å²) in [4.78, 5) is 13.9. The predicted molar refractivity (Wildman–Crippen MR) is 258 cm³/mol. The number of pyridine rings is 2. The van der Waals surface area contributed by atoms with Crippen molar-refractivity contribution in [3.05, 3.63) is 180 Å². The summed E-state index contributed by atoms with van der Waals surface area (Å²) >= 11 is 0. The monoisotopic (exact) mass is 1020 g/mol. The Hall–Kier alpha value is -6.71. The van der Waals surface area contributed by atoms with Gasteiger partial charge in [-0.2, -0.15) is 5.26 Å². The average Bonchev–Trinajstić information content (AvgIpc) is 3.90. The molecule has 0 N–H and O–H groups in total. The first kappa shape index (κ1) is 40.1. The van der Waals surface area contributed by atoms with Gasteiger partial charge in [-0.1, -0.05) is 127 Å². The van der Waals surface area contributed by atoms with E-state index in [1.165, 1.54) is 33.9 Å². The molecule has 0 aliphatic carbocycles. The van der Waals surface area contributed by atoms with Crippen LogP contribution in [-0.2, 0) is 25.5 Å². The zero-order chi connectivity index (χ0) is 46.5. The van der Waals surface area contributed by atoms with E-state index in [1.807, 2.05) is 36.4 Å². The van der Waals surface area contributed by atoms with Crippen LogP contribution in [0.25, 0.3) is 83.2 Å². The van der Waals surface area contributed by atoms with Gasteiger partial charge in [0, 0.05) is 58.5 Å². The van der Waals surface area contributed by atoms with E-state index in [0.717, 1.165) is 72.1 Å². The van der Waals surface area contributed by atoms with E-state index in [0.29, 0.717) is 11.3 Å². The van der Waals surface area contributed by atoms with E-state index in [1.54, 1.807) is 30.6 Å². The molecule has 0 amide bonds. The van der Waals surface area contributed by atoms with E-state index in [2.05, 4.69) is 148 Å². The van der Waals surface area contributed by atoms with Crippen LogP contribution in [0.5, 0.6) is 0 Å². The molecule has 0 saturated heterocycles. The minimum Gasteiger partial charge on any atom is -0.500 e. The maximum atomic E-state index is 9.56. The third-order valence-electron chi connectivity index (χ3n) is 11.7. The third-order valence-corrected chi connectivity index (χ3v) is 11.7. The van der Waals surface area contributed by atoms with Gasteiger partial charge >= 0.3 is 0 Å². The summed E-state index contributed by atoms with van der Waals surface area (Å²) in [6.07, 6.45) is 3.51. The molecule has 10 rings (SSSR count). The quantitative estimate of drug-likeness (QED) is 0.155. The Bertz CT molecular complexity index is 3440. The first-order valence-electron chi connectivity index (χ1n) is 22.9. The van der Waals surface area contributed by atoms with Crippen molar-refractivity contribution in [1.82, 2.24) is 19.5 Å². The summed E-state index contributed by atoms with van der Waals surface area (Å²) < 4.78 is 31.2. The second-order valence-corrected chi connectivity index (χ2v) is 17.7. The fourth-order valence-electron chi connectivity index (χ4n) is 8.31. The summed E-state index contributed by atoms with van der Waals surface area (Å²) in [5.74, 6) is 1.29. The van der Waals surface area contributed by atoms with Gasteiger partial charge in [0.1, 0.15) is 17.3 Å². The molecule has 7 heteroatoms. The van der Waals surface area contributed by atoms with Gasteiger partial charge in [0.05, 0.1) is 22.4 Å². The molecule has 10 aromatic rings. The number of hydrogen-bond acceptors (Lipinski definition) is 5. The molecule has 0 unspecified atom stereocenters. The number of rotatable bonds is 6. The van der Waals surface area contributed by atoms with Crippen molar-refractivity contribution in [2.24, 2.45) is 0 Å². The number of aryl methyl sites for hydroxylation is 1. The SMILES string of the molecule is CC(C)c1cc(-c2ccccc2)cc(C(C)C)c1-n1c(-c2[c-]ccc3c2oc2c4cc(C#N)ncc4ccc32)nc2ccccc21.[2H]C([2H])([2H])c1c[c-]c(-c2cc(C(C)(C)C)ccn2)cc1.[Ir]. The van der Waals surface area contributed by atoms with Crippen LogP contribution in [0.1, 0.15) is 92.4 Å². The van der Waals surface area contributed by atoms with E-state index in [4.69, 9.17) is 13.5 Å². The molecule has 4 heterocycles. The minimum absolute atomic E-state index is 0. The van der Waals surface area contributed by atoms with Gasteiger partial charge in [0.15, 0.2) is 0 Å². The van der Waals surface area contributed by atoms with Gasteiger partial charge < -0.3 is 14.0 Å². The Morgan fingerprint density at radius 2 is 1.48 bits per heavy atom. The maximum absolute atomic E-state index is 9.56. The normalized spacial score (nSPS) is 12.5. The van der Waals surface area contributed by atoms with Gasteiger partial charge in [-0.05, 0) is 87.2 Å². The molecule has 6 nitrogen and oxygen atoms in total. The number of benzene rings is 6. The molecular weight excluding hydrogens is 963 g/mol. The van der Waals surface area contributed by atoms with Crippen LogP contribution in [0.4, 0.5) is 0 Å². The predicted octanol–water partition coefficient (Wildman–Crippen LogP) is 14.9. The largest absolute Gasteiger partial charge is 0.500 e. The van der Waals surface area contributed by atoms with E-state index < -0.39 is 6.85 Å². The molecule has 0 atom stereocenters. The zero-order valence-electron chi connectivity index (χ0n) is 39.9. The summed E-state index contributed by atoms with van der Waals surface area (Å²) in [5, 5.41) is 13.3. The van der Waals surface area contributed by atoms with Crippen molar-refractivity contribution in [2.45, 2.75) is 72.6 Å². The standard InChI is InChI=1S/C41H31N4O.C16H18N.Ir/c1-24(2)33-19-28(26-11-6-5-7-12-26)20-34(25(3)4)38(33)45-37-16-9-8-15-36(37)44-41(45)32-14-10-13-30-31-18-17-27-23-43-29(22-42)21-35(27)40(31)46-39(30)32;1-12-5-7-13(8-6-12)15-11-14(9-10-17-15)16(2,3)4;/h5-13,15-21,23-25H,1-4H3;5-7,9-11H,1-4H3;/q2*-1;/i;1D3;. The van der Waals surface area contributed by atoms with Gasteiger partial charge in [-0.15, -0.1) is 53.6 Å². The van der Waals surface area contributed by atoms with E-state index in [9.17, 15) is 5.26 Å². The van der Waals surface area contributed by atoms with Crippen molar-refractivity contribution in [2.75, 3.05) is 0 Å². The third kappa shape index (κ3) is 8.28. The molecule has 319 valence electrons. The average molecular weight is 1020 g/mol. The molecule has 0 bridgehead atoms. The van der Waals surface area contributed by atoms with Crippen LogP contribution in [0.15, 0.2) is 144 Å². The van der Waals surface area contributed by atoms with E-state index in [-0.39, 0.29) is 37.4 Å². The summed E-state index contributed by atoms with van der Waals surface area (Å²) in [5.41, 5.74) is 13.8. The number of aromatic nitrogens is 4. The number of para-hydroxylation sites is 2. The molecule has 64 heavy (non-hydrogen) atoms. The number of nitriles is 1. The fourth-order valence-corrected chi connectivity index (χ4v) is 8.31. The number of nitrogens with zero attached hydrogens (tertiary/aromatic N) is 5. The molecule has 4 aromatic heterocycles. The smallest absolute Gasteiger partial charge is 0.141 e. The molecule has 0 saturated carbocycles. The van der Waals surface area contributed by atoms with Crippen LogP contribution in [0.3, 0.4) is 0 Å². The fraction of sp³-hybridized carbons (Fsp3) is 0.193. The summed E-state index contributed by atoms with van der Waals surface area (Å²) in [6.45, 7) is 13.4. The Kier molecular flexibility index (Phi) is 11.2. The maximum Gasteiger partial charge on any atom is 0.141 e. The zero-order valence-corrected chi connectivity index (χ0v) is 39.3. The van der Waals surface area contributed by atoms with Crippen LogP contribution >= 0.6 is 0 Å². The molecule has 6 aromatic carbocycles. The minimum atomic E-state index is -2.09. The molecule has 0 fully saturated rings.